The summed E-state index contributed by atoms with van der Waals surface area (Å²) in [6.07, 6.45) is 0. The Labute approximate surface area is 116 Å². The Morgan fingerprint density at radius 2 is 2.00 bits per heavy atom. The van der Waals surface area contributed by atoms with Crippen molar-refractivity contribution in [2.45, 2.75) is 0 Å². The lowest BCUT2D eigenvalue weighted by molar-refractivity contribution is 0.555. The first-order valence-electron chi connectivity index (χ1n) is 5.57. The smallest absolute Gasteiger partial charge is 0.408 e. The molecule has 0 atom stereocenters. The molecule has 1 heterocycles. The summed E-state index contributed by atoms with van der Waals surface area (Å²) in [5, 5.41) is 3.21. The molecule has 0 bridgehead atoms. The van der Waals surface area contributed by atoms with Crippen molar-refractivity contribution >= 4 is 44.1 Å². The molecule has 0 unspecified atom stereocenters. The highest BCUT2D eigenvalue weighted by molar-refractivity contribution is 9.10. The van der Waals surface area contributed by atoms with Crippen LogP contribution in [-0.4, -0.2) is 4.98 Å². The number of nitrogen functional groups attached to an aromatic ring is 1. The van der Waals surface area contributed by atoms with Crippen molar-refractivity contribution in [2.24, 2.45) is 0 Å². The Morgan fingerprint density at radius 3 is 2.79 bits per heavy atom. The molecule has 0 saturated heterocycles. The SMILES string of the molecule is Nc1cc2oc(=O)[nH]c2cc1Nc1ccccc1Br. The molecule has 3 aromatic rings. The van der Waals surface area contributed by atoms with Gasteiger partial charge in [-0.2, -0.15) is 0 Å². The quantitative estimate of drug-likeness (QED) is 0.633. The predicted molar refractivity (Wildman–Crippen MR) is 78.7 cm³/mol. The van der Waals surface area contributed by atoms with E-state index in [1.165, 1.54) is 0 Å². The van der Waals surface area contributed by atoms with Crippen molar-refractivity contribution in [3.05, 3.63) is 51.4 Å². The minimum Gasteiger partial charge on any atom is -0.408 e. The summed E-state index contributed by atoms with van der Waals surface area (Å²) in [6, 6.07) is 11.1. The van der Waals surface area contributed by atoms with Crippen LogP contribution in [-0.2, 0) is 0 Å². The molecule has 0 aliphatic carbocycles. The van der Waals surface area contributed by atoms with Crippen LogP contribution in [0.1, 0.15) is 0 Å². The Kier molecular flexibility index (Phi) is 2.79. The van der Waals surface area contributed by atoms with Gasteiger partial charge in [-0.3, -0.25) is 4.98 Å². The summed E-state index contributed by atoms with van der Waals surface area (Å²) < 4.78 is 5.88. The number of oxazole rings is 1. The van der Waals surface area contributed by atoms with E-state index < -0.39 is 5.76 Å². The fourth-order valence-corrected chi connectivity index (χ4v) is 2.21. The molecule has 6 heteroatoms. The maximum Gasteiger partial charge on any atom is 0.417 e. The van der Waals surface area contributed by atoms with Crippen molar-refractivity contribution in [2.75, 3.05) is 11.1 Å². The van der Waals surface area contributed by atoms with Crippen LogP contribution in [0.5, 0.6) is 0 Å². The molecule has 19 heavy (non-hydrogen) atoms. The van der Waals surface area contributed by atoms with Gasteiger partial charge in [0.1, 0.15) is 0 Å². The van der Waals surface area contributed by atoms with Crippen LogP contribution >= 0.6 is 15.9 Å². The maximum atomic E-state index is 11.1. The van der Waals surface area contributed by atoms with E-state index >= 15 is 0 Å². The first-order valence-corrected chi connectivity index (χ1v) is 6.37. The van der Waals surface area contributed by atoms with Gasteiger partial charge in [0.15, 0.2) is 5.58 Å². The first-order chi connectivity index (χ1) is 9.13. The van der Waals surface area contributed by atoms with Crippen molar-refractivity contribution < 1.29 is 4.42 Å². The van der Waals surface area contributed by atoms with Crippen LogP contribution < -0.4 is 16.8 Å². The van der Waals surface area contributed by atoms with E-state index in [0.717, 1.165) is 10.2 Å². The molecule has 0 amide bonds. The number of hydrogen-bond donors (Lipinski definition) is 3. The summed E-state index contributed by atoms with van der Waals surface area (Å²) in [7, 11) is 0. The van der Waals surface area contributed by atoms with E-state index in [9.17, 15) is 4.79 Å². The minimum absolute atomic E-state index is 0.445. The Bertz CT molecular complexity index is 807. The summed E-state index contributed by atoms with van der Waals surface area (Å²) >= 11 is 3.45. The highest BCUT2D eigenvalue weighted by Gasteiger charge is 2.08. The number of fused-ring (bicyclic) bond motifs is 1. The van der Waals surface area contributed by atoms with Gasteiger partial charge in [-0.25, -0.2) is 4.79 Å². The first kappa shape index (κ1) is 11.9. The highest BCUT2D eigenvalue weighted by Crippen LogP contribution is 2.30. The van der Waals surface area contributed by atoms with Crippen molar-refractivity contribution in [3.63, 3.8) is 0 Å². The average Bonchev–Trinajstić information content (AvgIpc) is 2.71. The zero-order valence-corrected chi connectivity index (χ0v) is 11.3. The molecule has 0 fully saturated rings. The molecule has 4 N–H and O–H groups in total. The number of aromatic nitrogens is 1. The van der Waals surface area contributed by atoms with E-state index in [1.807, 2.05) is 24.3 Å². The molecule has 0 radical (unpaired) electrons. The second kappa shape index (κ2) is 4.47. The number of anilines is 3. The van der Waals surface area contributed by atoms with E-state index in [-0.39, 0.29) is 0 Å². The van der Waals surface area contributed by atoms with E-state index in [2.05, 4.69) is 26.2 Å². The minimum atomic E-state index is -0.493. The molecular formula is C13H10BrN3O2. The van der Waals surface area contributed by atoms with Crippen molar-refractivity contribution in [1.29, 1.82) is 0 Å². The maximum absolute atomic E-state index is 11.1. The second-order valence-corrected chi connectivity index (χ2v) is 4.91. The Hall–Kier alpha value is -2.21. The Morgan fingerprint density at radius 1 is 1.21 bits per heavy atom. The molecule has 5 nitrogen and oxygen atoms in total. The molecule has 2 aromatic carbocycles. The van der Waals surface area contributed by atoms with Crippen molar-refractivity contribution in [3.8, 4) is 0 Å². The van der Waals surface area contributed by atoms with Crippen molar-refractivity contribution in [1.82, 2.24) is 4.98 Å². The van der Waals surface area contributed by atoms with E-state index in [1.54, 1.807) is 12.1 Å². The number of rotatable bonds is 2. The lowest BCUT2D eigenvalue weighted by Crippen LogP contribution is -1.97. The van der Waals surface area contributed by atoms with Gasteiger partial charge < -0.3 is 15.5 Å². The topological polar surface area (TPSA) is 84.0 Å². The van der Waals surface area contributed by atoms with Gasteiger partial charge in [0.25, 0.3) is 0 Å². The number of benzene rings is 2. The fourth-order valence-electron chi connectivity index (χ4n) is 1.83. The Balaban J connectivity index is 2.07. The number of H-pyrrole nitrogens is 1. The molecule has 3 rings (SSSR count). The standard InChI is InChI=1S/C13H10BrN3O2/c14-7-3-1-2-4-9(7)16-10-6-11-12(5-8(10)15)19-13(18)17-11/h1-6,16H,15H2,(H,17,18). The average molecular weight is 320 g/mol. The third kappa shape index (κ3) is 2.22. The van der Waals surface area contributed by atoms with Gasteiger partial charge in [-0.05, 0) is 34.1 Å². The number of aromatic amines is 1. The van der Waals surface area contributed by atoms with Crippen LogP contribution in [0, 0.1) is 0 Å². The number of para-hydroxylation sites is 1. The van der Waals surface area contributed by atoms with Gasteiger partial charge in [0.05, 0.1) is 22.6 Å². The van der Waals surface area contributed by atoms with Crippen LogP contribution in [0.15, 0.2) is 50.1 Å². The number of hydrogen-bond acceptors (Lipinski definition) is 4. The van der Waals surface area contributed by atoms with Crippen LogP contribution in [0.25, 0.3) is 11.1 Å². The molecule has 96 valence electrons. The van der Waals surface area contributed by atoms with Gasteiger partial charge in [0.2, 0.25) is 0 Å². The summed E-state index contributed by atoms with van der Waals surface area (Å²) in [4.78, 5) is 13.7. The largest absolute Gasteiger partial charge is 0.417 e. The van der Waals surface area contributed by atoms with Crippen LogP contribution in [0.2, 0.25) is 0 Å². The van der Waals surface area contributed by atoms with E-state index in [4.69, 9.17) is 10.2 Å². The third-order valence-corrected chi connectivity index (χ3v) is 3.43. The lowest BCUT2D eigenvalue weighted by Gasteiger charge is -2.10. The number of nitrogens with one attached hydrogen (secondary N) is 2. The zero-order valence-electron chi connectivity index (χ0n) is 9.74. The molecule has 0 aliphatic rings. The summed E-state index contributed by atoms with van der Waals surface area (Å²) in [5.74, 6) is -0.493. The number of nitrogens with two attached hydrogens (primary N) is 1. The molecular weight excluding hydrogens is 310 g/mol. The summed E-state index contributed by atoms with van der Waals surface area (Å²) in [6.45, 7) is 0. The lowest BCUT2D eigenvalue weighted by atomic mass is 10.2. The molecule has 0 aliphatic heterocycles. The van der Waals surface area contributed by atoms with Crippen LogP contribution in [0.3, 0.4) is 0 Å². The molecule has 1 aromatic heterocycles. The zero-order chi connectivity index (χ0) is 13.4. The predicted octanol–water partition coefficient (Wildman–Crippen LogP) is 3.21. The van der Waals surface area contributed by atoms with Gasteiger partial charge >= 0.3 is 5.76 Å². The van der Waals surface area contributed by atoms with Gasteiger partial charge in [-0.1, -0.05) is 12.1 Å². The third-order valence-electron chi connectivity index (χ3n) is 2.73. The fraction of sp³-hybridized carbons (Fsp3) is 0. The molecule has 0 spiro atoms. The summed E-state index contributed by atoms with van der Waals surface area (Å²) in [5.41, 5.74) is 9.09. The van der Waals surface area contributed by atoms with E-state index in [0.29, 0.717) is 22.5 Å². The van der Waals surface area contributed by atoms with Gasteiger partial charge in [0, 0.05) is 10.5 Å². The normalized spacial score (nSPS) is 10.8. The second-order valence-electron chi connectivity index (χ2n) is 4.05. The van der Waals surface area contributed by atoms with Gasteiger partial charge in [-0.15, -0.1) is 0 Å². The highest BCUT2D eigenvalue weighted by atomic mass is 79.9. The molecule has 0 saturated carbocycles. The number of halogens is 1. The van der Waals surface area contributed by atoms with Crippen LogP contribution in [0.4, 0.5) is 17.1 Å². The monoisotopic (exact) mass is 319 g/mol.